The fourth-order valence-corrected chi connectivity index (χ4v) is 4.91. The molecule has 0 unspecified atom stereocenters. The van der Waals surface area contributed by atoms with Crippen molar-refractivity contribution < 1.29 is 51.0 Å². The summed E-state index contributed by atoms with van der Waals surface area (Å²) in [5.74, 6) is 0. The van der Waals surface area contributed by atoms with Gasteiger partial charge in [0, 0.05) is 5.41 Å². The van der Waals surface area contributed by atoms with Crippen molar-refractivity contribution in [2.24, 2.45) is 0 Å². The van der Waals surface area contributed by atoms with E-state index in [1.54, 1.807) is 0 Å². The second-order valence-electron chi connectivity index (χ2n) is 9.79. The Kier molecular flexibility index (Phi) is 9.20. The van der Waals surface area contributed by atoms with Crippen LogP contribution in [0.4, 0.5) is 0 Å². The van der Waals surface area contributed by atoms with Crippen molar-refractivity contribution in [3.63, 3.8) is 0 Å². The summed E-state index contributed by atoms with van der Waals surface area (Å²) >= 11 is 0. The van der Waals surface area contributed by atoms with Crippen molar-refractivity contribution in [3.8, 4) is 11.1 Å². The maximum absolute atomic E-state index is 3.80. The molecule has 171 valence electrons. The van der Waals surface area contributed by atoms with Gasteiger partial charge in [0.25, 0.3) is 0 Å². The van der Waals surface area contributed by atoms with E-state index < -0.39 is 0 Å². The molecule has 3 heteroatoms. The molecule has 4 aromatic carbocycles. The van der Waals surface area contributed by atoms with Crippen LogP contribution >= 0.6 is 0 Å². The van der Waals surface area contributed by atoms with Crippen molar-refractivity contribution in [3.05, 3.63) is 130 Å². The minimum Gasteiger partial charge on any atom is -1.00 e. The number of fused-ring (bicyclic) bond motifs is 3. The van der Waals surface area contributed by atoms with Gasteiger partial charge in [-0.3, -0.25) is 0 Å². The Labute approximate surface area is 236 Å². The van der Waals surface area contributed by atoms with Gasteiger partial charge in [0.2, 0.25) is 0 Å². The predicted octanol–water partition coefficient (Wildman–Crippen LogP) is 1.72. The molecule has 1 aliphatic rings. The summed E-state index contributed by atoms with van der Waals surface area (Å²) in [4.78, 5) is 0. The second kappa shape index (κ2) is 10.9. The van der Waals surface area contributed by atoms with Crippen LogP contribution in [0.3, 0.4) is 0 Å². The molecule has 0 heterocycles. The molecule has 0 bridgehead atoms. The molecule has 0 nitrogen and oxygen atoms in total. The van der Waals surface area contributed by atoms with Crippen molar-refractivity contribution in [1.82, 2.24) is 0 Å². The van der Waals surface area contributed by atoms with Gasteiger partial charge in [-0.15, -0.1) is 11.1 Å². The molecule has 5 rings (SSSR count). The molecule has 0 spiro atoms. The third kappa shape index (κ3) is 4.99. The molecule has 0 saturated heterocycles. The summed E-state index contributed by atoms with van der Waals surface area (Å²) in [6, 6.07) is 37.0. The molecule has 1 aliphatic carbocycles. The van der Waals surface area contributed by atoms with Gasteiger partial charge in [-0.25, -0.2) is 0 Å². The molecule has 0 aromatic heterocycles. The number of halogens is 2. The Bertz CT molecular complexity index is 1150. The summed E-state index contributed by atoms with van der Waals surface area (Å²) in [5.41, 5.74) is 10.7. The summed E-state index contributed by atoms with van der Waals surface area (Å²) in [5, 5.41) is 0. The summed E-state index contributed by atoms with van der Waals surface area (Å²) < 4.78 is 0. The van der Waals surface area contributed by atoms with E-state index in [-0.39, 0.29) is 61.8 Å². The van der Waals surface area contributed by atoms with E-state index in [0.29, 0.717) is 0 Å². The first kappa shape index (κ1) is 28.6. The van der Waals surface area contributed by atoms with Crippen molar-refractivity contribution >= 4 is 0 Å². The van der Waals surface area contributed by atoms with E-state index in [4.69, 9.17) is 0 Å². The maximum Gasteiger partial charge on any atom is 3.00 e. The third-order valence-corrected chi connectivity index (χ3v) is 7.18. The van der Waals surface area contributed by atoms with Crippen LogP contribution < -0.4 is 24.8 Å². The molecule has 0 saturated carbocycles. The van der Waals surface area contributed by atoms with E-state index >= 15 is 0 Å². The summed E-state index contributed by atoms with van der Waals surface area (Å²) in [6.45, 7) is 9.23. The first-order valence-corrected chi connectivity index (χ1v) is 11.2. The molecule has 0 aliphatic heterocycles. The molecule has 0 atom stereocenters. The fraction of sp³-hybridized carbons (Fsp3) is 0.226. The van der Waals surface area contributed by atoms with E-state index in [1.807, 2.05) is 0 Å². The van der Waals surface area contributed by atoms with Crippen LogP contribution in [0.25, 0.3) is 11.1 Å². The standard InChI is InChI=1S/C31H29.2ClH.Zr/c1-30(2,24-11-7-5-8-12-24)26-15-17-28-22(20-26)19-23-21-27(16-18-29(23)28)31(3,4)25-13-9-6-10-14-25;;;/h5-18,20H,19H2,1-4H3;2*1H;/q-1;;;+3/p-2. The van der Waals surface area contributed by atoms with E-state index in [9.17, 15) is 0 Å². The fourth-order valence-electron chi connectivity index (χ4n) is 4.91. The summed E-state index contributed by atoms with van der Waals surface area (Å²) in [7, 11) is 0. The van der Waals surface area contributed by atoms with Gasteiger partial charge in [-0.1, -0.05) is 112 Å². The van der Waals surface area contributed by atoms with Crippen LogP contribution in [0.2, 0.25) is 0 Å². The van der Waals surface area contributed by atoms with Crippen LogP contribution in [-0.2, 0) is 43.5 Å². The van der Waals surface area contributed by atoms with Crippen molar-refractivity contribution in [2.75, 3.05) is 0 Å². The number of rotatable bonds is 4. The van der Waals surface area contributed by atoms with E-state index in [0.717, 1.165) is 6.42 Å². The van der Waals surface area contributed by atoms with Crippen LogP contribution in [0.15, 0.2) is 91.0 Å². The smallest absolute Gasteiger partial charge is 1.00 e. The average Bonchev–Trinajstić information content (AvgIpc) is 3.17. The Hall–Kier alpha value is -1.66. The zero-order chi connectivity index (χ0) is 21.6. The molecular weight excluding hydrogens is 534 g/mol. The van der Waals surface area contributed by atoms with Gasteiger partial charge in [-0.2, -0.15) is 23.8 Å². The predicted molar refractivity (Wildman–Crippen MR) is 131 cm³/mol. The van der Waals surface area contributed by atoms with Gasteiger partial charge < -0.3 is 24.8 Å². The van der Waals surface area contributed by atoms with Crippen LogP contribution in [0.5, 0.6) is 0 Å². The third-order valence-electron chi connectivity index (χ3n) is 7.18. The minimum atomic E-state index is -0.0640. The maximum atomic E-state index is 3.80. The SMILES string of the molecule is CC(C)(c1[c-]c2c(cc1)-c1ccc(C(C)(C)c3ccccc3)cc1C2)c1ccccc1.[Cl-].[Cl-].[Zr+3]. The Balaban J connectivity index is 0.00000136. The molecule has 0 amide bonds. The minimum absolute atomic E-state index is 0. The summed E-state index contributed by atoms with van der Waals surface area (Å²) in [6.07, 6.45) is 0.960. The van der Waals surface area contributed by atoms with Gasteiger partial charge in [0.1, 0.15) is 0 Å². The number of benzene rings is 4. The van der Waals surface area contributed by atoms with Crippen LogP contribution in [0, 0.1) is 6.07 Å². The normalized spacial score (nSPS) is 11.9. The van der Waals surface area contributed by atoms with Gasteiger partial charge in [0.05, 0.1) is 0 Å². The Morgan fingerprint density at radius 3 is 1.71 bits per heavy atom. The van der Waals surface area contributed by atoms with Gasteiger partial charge in [0.15, 0.2) is 0 Å². The topological polar surface area (TPSA) is 0 Å². The van der Waals surface area contributed by atoms with Gasteiger partial charge >= 0.3 is 26.2 Å². The van der Waals surface area contributed by atoms with Crippen molar-refractivity contribution in [2.45, 2.75) is 44.9 Å². The second-order valence-corrected chi connectivity index (χ2v) is 9.79. The van der Waals surface area contributed by atoms with Crippen LogP contribution in [-0.4, -0.2) is 0 Å². The molecule has 0 N–H and O–H groups in total. The zero-order valence-electron chi connectivity index (χ0n) is 20.1. The average molecular weight is 564 g/mol. The monoisotopic (exact) mass is 561 g/mol. The zero-order valence-corrected chi connectivity index (χ0v) is 24.1. The number of hydrogen-bond donors (Lipinski definition) is 0. The van der Waals surface area contributed by atoms with Crippen molar-refractivity contribution in [1.29, 1.82) is 0 Å². The molecular formula is C31H29Cl2Zr. The first-order chi connectivity index (χ1) is 14.9. The Morgan fingerprint density at radius 2 is 1.12 bits per heavy atom. The number of hydrogen-bond acceptors (Lipinski definition) is 0. The first-order valence-electron chi connectivity index (χ1n) is 11.2. The van der Waals surface area contributed by atoms with Crippen LogP contribution in [0.1, 0.15) is 61.1 Å². The van der Waals surface area contributed by atoms with E-state index in [2.05, 4.69) is 125 Å². The molecule has 4 aromatic rings. The Morgan fingerprint density at radius 1 is 0.588 bits per heavy atom. The quantitative estimate of drug-likeness (QED) is 0.292. The molecule has 1 radical (unpaired) electrons. The van der Waals surface area contributed by atoms with Gasteiger partial charge in [-0.05, 0) is 34.1 Å². The molecule has 34 heavy (non-hydrogen) atoms. The molecule has 0 fully saturated rings. The largest absolute Gasteiger partial charge is 3.00 e. The van der Waals surface area contributed by atoms with E-state index in [1.165, 1.54) is 44.5 Å².